The van der Waals surface area contributed by atoms with Crippen molar-refractivity contribution in [3.63, 3.8) is 0 Å². The lowest BCUT2D eigenvalue weighted by molar-refractivity contribution is -0.146. The molecule has 3 heteroatoms. The summed E-state index contributed by atoms with van der Waals surface area (Å²) >= 11 is 0. The highest BCUT2D eigenvalue weighted by Crippen LogP contribution is 2.59. The standard InChI is InChI=1S/C14H19NO2/c1-12(2)7-14(5-10(6-15)11(12)16)8-13(3,9-14)17-4/h5H,7-9H2,1-4H3. The van der Waals surface area contributed by atoms with E-state index in [1.54, 1.807) is 7.11 Å². The highest BCUT2D eigenvalue weighted by Gasteiger charge is 2.56. The third kappa shape index (κ3) is 1.81. The summed E-state index contributed by atoms with van der Waals surface area (Å²) in [7, 11) is 1.72. The third-order valence-electron chi connectivity index (χ3n) is 4.17. The van der Waals surface area contributed by atoms with Gasteiger partial charge in [-0.25, -0.2) is 0 Å². The Kier molecular flexibility index (Phi) is 2.48. The lowest BCUT2D eigenvalue weighted by Crippen LogP contribution is -2.54. The summed E-state index contributed by atoms with van der Waals surface area (Å²) in [4.78, 5) is 12.0. The Morgan fingerprint density at radius 1 is 1.29 bits per heavy atom. The average molecular weight is 233 g/mol. The maximum Gasteiger partial charge on any atom is 0.178 e. The molecule has 0 radical (unpaired) electrons. The van der Waals surface area contributed by atoms with Crippen LogP contribution in [0.4, 0.5) is 0 Å². The molecule has 2 rings (SSSR count). The first kappa shape index (κ1) is 12.3. The molecule has 0 aromatic rings. The van der Waals surface area contributed by atoms with Crippen molar-refractivity contribution in [3.05, 3.63) is 11.6 Å². The van der Waals surface area contributed by atoms with E-state index in [1.807, 2.05) is 26.0 Å². The van der Waals surface area contributed by atoms with Crippen LogP contribution in [0.25, 0.3) is 0 Å². The normalized spacial score (nSPS) is 39.5. The Hall–Kier alpha value is -1.14. The number of allylic oxidation sites excluding steroid dienone is 2. The van der Waals surface area contributed by atoms with E-state index in [1.165, 1.54) is 0 Å². The Morgan fingerprint density at radius 3 is 2.35 bits per heavy atom. The van der Waals surface area contributed by atoms with Gasteiger partial charge in [0.15, 0.2) is 5.78 Å². The van der Waals surface area contributed by atoms with Crippen LogP contribution in [0.2, 0.25) is 0 Å². The first-order valence-corrected chi connectivity index (χ1v) is 5.99. The van der Waals surface area contributed by atoms with Gasteiger partial charge in [0.05, 0.1) is 11.2 Å². The van der Waals surface area contributed by atoms with E-state index in [0.29, 0.717) is 5.57 Å². The van der Waals surface area contributed by atoms with E-state index in [9.17, 15) is 4.79 Å². The minimum atomic E-state index is -0.422. The summed E-state index contributed by atoms with van der Waals surface area (Å²) in [6, 6.07) is 2.05. The van der Waals surface area contributed by atoms with E-state index in [-0.39, 0.29) is 16.8 Å². The molecule has 92 valence electrons. The molecule has 1 spiro atoms. The molecule has 0 aromatic heterocycles. The average Bonchev–Trinajstić information content (AvgIpc) is 2.20. The zero-order chi connectivity index (χ0) is 12.9. The largest absolute Gasteiger partial charge is 0.378 e. The van der Waals surface area contributed by atoms with Crippen LogP contribution >= 0.6 is 0 Å². The van der Waals surface area contributed by atoms with Gasteiger partial charge in [0, 0.05) is 12.5 Å². The second kappa shape index (κ2) is 3.43. The monoisotopic (exact) mass is 233 g/mol. The highest BCUT2D eigenvalue weighted by atomic mass is 16.5. The summed E-state index contributed by atoms with van der Waals surface area (Å²) in [5.74, 6) is -0.0170. The Morgan fingerprint density at radius 2 is 1.88 bits per heavy atom. The van der Waals surface area contributed by atoms with Crippen molar-refractivity contribution in [1.29, 1.82) is 5.26 Å². The van der Waals surface area contributed by atoms with Crippen molar-refractivity contribution in [3.8, 4) is 6.07 Å². The van der Waals surface area contributed by atoms with E-state index >= 15 is 0 Å². The lowest BCUT2D eigenvalue weighted by Gasteiger charge is -2.56. The van der Waals surface area contributed by atoms with Crippen LogP contribution in [0.15, 0.2) is 11.6 Å². The van der Waals surface area contributed by atoms with Gasteiger partial charge in [-0.15, -0.1) is 0 Å². The van der Waals surface area contributed by atoms with Gasteiger partial charge in [-0.05, 0) is 31.6 Å². The smallest absolute Gasteiger partial charge is 0.178 e. The summed E-state index contributed by atoms with van der Waals surface area (Å²) in [5.41, 5.74) is -0.185. The van der Waals surface area contributed by atoms with Gasteiger partial charge in [0.25, 0.3) is 0 Å². The zero-order valence-electron chi connectivity index (χ0n) is 11.0. The van der Waals surface area contributed by atoms with Crippen LogP contribution in [-0.4, -0.2) is 18.5 Å². The van der Waals surface area contributed by atoms with Gasteiger partial charge >= 0.3 is 0 Å². The van der Waals surface area contributed by atoms with Gasteiger partial charge < -0.3 is 4.74 Å². The van der Waals surface area contributed by atoms with Gasteiger partial charge in [-0.2, -0.15) is 5.26 Å². The fraction of sp³-hybridized carbons (Fsp3) is 0.714. The van der Waals surface area contributed by atoms with Crippen molar-refractivity contribution in [2.24, 2.45) is 10.8 Å². The number of Topliss-reactive ketones (excluding diaryl/α,β-unsaturated/α-hetero) is 1. The molecule has 2 aliphatic carbocycles. The van der Waals surface area contributed by atoms with Crippen molar-refractivity contribution in [1.82, 2.24) is 0 Å². The minimum absolute atomic E-state index is 0.00671. The number of rotatable bonds is 1. The topological polar surface area (TPSA) is 50.1 Å². The molecule has 0 amide bonds. The maximum atomic E-state index is 12.0. The number of carbonyl (C=O) groups excluding carboxylic acids is 1. The minimum Gasteiger partial charge on any atom is -0.378 e. The molecule has 0 aromatic carbocycles. The fourth-order valence-electron chi connectivity index (χ4n) is 3.64. The van der Waals surface area contributed by atoms with Gasteiger partial charge in [0.2, 0.25) is 0 Å². The van der Waals surface area contributed by atoms with Crippen LogP contribution in [-0.2, 0) is 9.53 Å². The van der Waals surface area contributed by atoms with Gasteiger partial charge in [0.1, 0.15) is 6.07 Å². The van der Waals surface area contributed by atoms with E-state index in [2.05, 4.69) is 6.92 Å². The first-order valence-electron chi connectivity index (χ1n) is 5.99. The summed E-state index contributed by atoms with van der Waals surface area (Å²) in [5, 5.41) is 9.06. The summed E-state index contributed by atoms with van der Waals surface area (Å²) in [6.07, 6.45) is 4.51. The van der Waals surface area contributed by atoms with Crippen LogP contribution in [0.1, 0.15) is 40.0 Å². The van der Waals surface area contributed by atoms with Crippen molar-refractivity contribution < 1.29 is 9.53 Å². The predicted octanol–water partition coefficient (Wildman–Crippen LogP) is 2.62. The lowest BCUT2D eigenvalue weighted by atomic mass is 9.51. The molecule has 1 fully saturated rings. The second-order valence-electron chi connectivity index (χ2n) is 6.43. The van der Waals surface area contributed by atoms with Crippen molar-refractivity contribution in [2.45, 2.75) is 45.6 Å². The van der Waals surface area contributed by atoms with Crippen LogP contribution in [0, 0.1) is 22.2 Å². The molecule has 0 unspecified atom stereocenters. The molecule has 0 saturated heterocycles. The quantitative estimate of drug-likeness (QED) is 0.699. The van der Waals surface area contributed by atoms with E-state index in [0.717, 1.165) is 19.3 Å². The SMILES string of the molecule is COC1(C)CC2(C=C(C#N)C(=O)C(C)(C)C2)C1. The number of hydrogen-bond donors (Lipinski definition) is 0. The molecule has 2 aliphatic rings. The highest BCUT2D eigenvalue weighted by molar-refractivity contribution is 6.03. The Bertz CT molecular complexity index is 434. The summed E-state index contributed by atoms with van der Waals surface area (Å²) in [6.45, 7) is 5.95. The molecule has 0 atom stereocenters. The molecular weight excluding hydrogens is 214 g/mol. The summed E-state index contributed by atoms with van der Waals surface area (Å²) < 4.78 is 5.47. The molecule has 0 bridgehead atoms. The second-order valence-corrected chi connectivity index (χ2v) is 6.43. The number of carbonyl (C=O) groups is 1. The van der Waals surface area contributed by atoms with E-state index in [4.69, 9.17) is 10.00 Å². The molecule has 1 saturated carbocycles. The number of nitrogens with zero attached hydrogens (tertiary/aromatic N) is 1. The Labute approximate surface area is 102 Å². The van der Waals surface area contributed by atoms with Crippen molar-refractivity contribution in [2.75, 3.05) is 7.11 Å². The zero-order valence-corrected chi connectivity index (χ0v) is 11.0. The number of hydrogen-bond acceptors (Lipinski definition) is 3. The Balaban J connectivity index is 2.32. The molecule has 3 nitrogen and oxygen atoms in total. The van der Waals surface area contributed by atoms with Gasteiger partial charge in [-0.3, -0.25) is 4.79 Å². The first-order chi connectivity index (χ1) is 7.76. The van der Waals surface area contributed by atoms with Crippen LogP contribution in [0.3, 0.4) is 0 Å². The van der Waals surface area contributed by atoms with E-state index < -0.39 is 5.41 Å². The molecule has 0 aliphatic heterocycles. The molecular formula is C14H19NO2. The van der Waals surface area contributed by atoms with Crippen LogP contribution < -0.4 is 0 Å². The molecule has 17 heavy (non-hydrogen) atoms. The number of ether oxygens (including phenoxy) is 1. The van der Waals surface area contributed by atoms with Gasteiger partial charge in [-0.1, -0.05) is 19.9 Å². The fourth-order valence-corrected chi connectivity index (χ4v) is 3.64. The third-order valence-corrected chi connectivity index (χ3v) is 4.17. The van der Waals surface area contributed by atoms with Crippen molar-refractivity contribution >= 4 is 5.78 Å². The molecule has 0 N–H and O–H groups in total. The maximum absolute atomic E-state index is 12.0. The number of nitriles is 1. The molecule has 0 heterocycles. The van der Waals surface area contributed by atoms with Crippen LogP contribution in [0.5, 0.6) is 0 Å². The predicted molar refractivity (Wildman–Crippen MR) is 64.2 cm³/mol. The number of ketones is 1. The number of methoxy groups -OCH3 is 1.